The molecular formula is C17H24N2O3. The third kappa shape index (κ3) is 3.42. The highest BCUT2D eigenvalue weighted by atomic mass is 16.6. The minimum atomic E-state index is -0.364. The van der Waals surface area contributed by atoms with Gasteiger partial charge in [0.25, 0.3) is 5.91 Å². The lowest BCUT2D eigenvalue weighted by Crippen LogP contribution is -2.40. The lowest BCUT2D eigenvalue weighted by Gasteiger charge is -2.25. The molecular weight excluding hydrogens is 280 g/mol. The van der Waals surface area contributed by atoms with Gasteiger partial charge in [-0.1, -0.05) is 12.1 Å². The van der Waals surface area contributed by atoms with Crippen LogP contribution in [0.25, 0.3) is 0 Å². The smallest absolute Gasteiger partial charge is 0.252 e. The molecule has 2 N–H and O–H groups in total. The van der Waals surface area contributed by atoms with Crippen LogP contribution in [-0.2, 0) is 9.53 Å². The summed E-state index contributed by atoms with van der Waals surface area (Å²) >= 11 is 0. The van der Waals surface area contributed by atoms with Gasteiger partial charge in [0.15, 0.2) is 6.10 Å². The predicted molar refractivity (Wildman–Crippen MR) is 84.8 cm³/mol. The minimum absolute atomic E-state index is 0.0249. The molecule has 0 radical (unpaired) electrons. The molecule has 120 valence electrons. The Morgan fingerprint density at radius 2 is 1.82 bits per heavy atom. The van der Waals surface area contributed by atoms with E-state index < -0.39 is 0 Å². The molecule has 0 bridgehead atoms. The summed E-state index contributed by atoms with van der Waals surface area (Å²) < 4.78 is 5.55. The molecule has 22 heavy (non-hydrogen) atoms. The third-order valence-corrected chi connectivity index (χ3v) is 4.53. The number of epoxide rings is 1. The normalized spacial score (nSPS) is 30.7. The number of hydrogen-bond acceptors (Lipinski definition) is 4. The van der Waals surface area contributed by atoms with Gasteiger partial charge in [0.1, 0.15) is 6.10 Å². The summed E-state index contributed by atoms with van der Waals surface area (Å²) in [4.78, 5) is 14.2. The molecule has 0 spiro atoms. The van der Waals surface area contributed by atoms with Crippen LogP contribution in [0.3, 0.4) is 0 Å². The Kier molecular flexibility index (Phi) is 4.36. The SMILES string of the molecule is CN(C)c1ccc([C@H]2O[C@H]2C(=O)NC2CCC(O)CC2)cc1. The van der Waals surface area contributed by atoms with Crippen LogP contribution in [0, 0.1) is 0 Å². The van der Waals surface area contributed by atoms with Crippen molar-refractivity contribution in [1.29, 1.82) is 0 Å². The van der Waals surface area contributed by atoms with Gasteiger partial charge in [-0.3, -0.25) is 4.79 Å². The van der Waals surface area contributed by atoms with Gasteiger partial charge in [0.05, 0.1) is 6.10 Å². The van der Waals surface area contributed by atoms with Crippen molar-refractivity contribution < 1.29 is 14.6 Å². The van der Waals surface area contributed by atoms with E-state index in [1.54, 1.807) is 0 Å². The summed E-state index contributed by atoms with van der Waals surface area (Å²) in [5, 5.41) is 12.5. The minimum Gasteiger partial charge on any atom is -0.393 e. The molecule has 1 aliphatic heterocycles. The molecule has 2 aliphatic rings. The van der Waals surface area contributed by atoms with Gasteiger partial charge < -0.3 is 20.1 Å². The zero-order valence-corrected chi connectivity index (χ0v) is 13.2. The Morgan fingerprint density at radius 1 is 1.18 bits per heavy atom. The molecule has 1 saturated carbocycles. The second-order valence-electron chi connectivity index (χ2n) is 6.48. The van der Waals surface area contributed by atoms with Crippen LogP contribution in [0.4, 0.5) is 5.69 Å². The summed E-state index contributed by atoms with van der Waals surface area (Å²) in [5.74, 6) is -0.0249. The zero-order chi connectivity index (χ0) is 15.7. The van der Waals surface area contributed by atoms with Gasteiger partial charge in [-0.2, -0.15) is 0 Å². The van der Waals surface area contributed by atoms with Crippen molar-refractivity contribution in [2.45, 2.75) is 50.0 Å². The lowest BCUT2D eigenvalue weighted by molar-refractivity contribution is -0.123. The number of hydrogen-bond donors (Lipinski definition) is 2. The Morgan fingerprint density at radius 3 is 2.41 bits per heavy atom. The molecule has 2 fully saturated rings. The van der Waals surface area contributed by atoms with Gasteiger partial charge in [-0.05, 0) is 43.4 Å². The first kappa shape index (κ1) is 15.3. The molecule has 2 atom stereocenters. The Hall–Kier alpha value is -1.59. The number of nitrogens with zero attached hydrogens (tertiary/aromatic N) is 1. The maximum Gasteiger partial charge on any atom is 0.252 e. The maximum absolute atomic E-state index is 12.2. The summed E-state index contributed by atoms with van der Waals surface area (Å²) in [5.41, 5.74) is 2.18. The number of aliphatic hydroxyl groups is 1. The third-order valence-electron chi connectivity index (χ3n) is 4.53. The van der Waals surface area contributed by atoms with Crippen LogP contribution in [0.15, 0.2) is 24.3 Å². The van der Waals surface area contributed by atoms with E-state index in [0.717, 1.165) is 36.9 Å². The van der Waals surface area contributed by atoms with Gasteiger partial charge >= 0.3 is 0 Å². The molecule has 1 heterocycles. The summed E-state index contributed by atoms with van der Waals surface area (Å²) in [6.45, 7) is 0. The largest absolute Gasteiger partial charge is 0.393 e. The van der Waals surface area contributed by atoms with Crippen molar-refractivity contribution in [3.8, 4) is 0 Å². The molecule has 5 nitrogen and oxygen atoms in total. The molecule has 1 aliphatic carbocycles. The second kappa shape index (κ2) is 6.26. The summed E-state index contributed by atoms with van der Waals surface area (Å²) in [6.07, 6.45) is 2.55. The number of benzene rings is 1. The fourth-order valence-electron chi connectivity index (χ4n) is 3.03. The fourth-order valence-corrected chi connectivity index (χ4v) is 3.03. The number of nitrogens with one attached hydrogen (secondary N) is 1. The number of carbonyl (C=O) groups is 1. The van der Waals surface area contributed by atoms with Gasteiger partial charge in [0.2, 0.25) is 0 Å². The van der Waals surface area contributed by atoms with E-state index in [9.17, 15) is 9.90 Å². The number of rotatable bonds is 4. The molecule has 1 aromatic carbocycles. The van der Waals surface area contributed by atoms with Crippen molar-refractivity contribution in [1.82, 2.24) is 5.32 Å². The van der Waals surface area contributed by atoms with Crippen LogP contribution in [-0.4, -0.2) is 43.4 Å². The highest BCUT2D eigenvalue weighted by Gasteiger charge is 2.46. The van der Waals surface area contributed by atoms with Crippen molar-refractivity contribution in [2.24, 2.45) is 0 Å². The fraction of sp³-hybridized carbons (Fsp3) is 0.588. The Balaban J connectivity index is 1.51. The Labute approximate surface area is 131 Å². The van der Waals surface area contributed by atoms with E-state index >= 15 is 0 Å². The van der Waals surface area contributed by atoms with Gasteiger partial charge in [-0.25, -0.2) is 0 Å². The number of amides is 1. The van der Waals surface area contributed by atoms with Crippen LogP contribution in [0.2, 0.25) is 0 Å². The monoisotopic (exact) mass is 304 g/mol. The van der Waals surface area contributed by atoms with Crippen molar-refractivity contribution >= 4 is 11.6 Å². The Bertz CT molecular complexity index is 521. The predicted octanol–water partition coefficient (Wildman–Crippen LogP) is 1.61. The van der Waals surface area contributed by atoms with Crippen LogP contribution < -0.4 is 10.2 Å². The van der Waals surface area contributed by atoms with Crippen LogP contribution >= 0.6 is 0 Å². The maximum atomic E-state index is 12.2. The van der Waals surface area contributed by atoms with Crippen LogP contribution in [0.5, 0.6) is 0 Å². The average Bonchev–Trinajstić information content (AvgIpc) is 3.30. The highest BCUT2D eigenvalue weighted by molar-refractivity contribution is 5.84. The zero-order valence-electron chi connectivity index (χ0n) is 13.2. The molecule has 0 unspecified atom stereocenters. The number of anilines is 1. The summed E-state index contributed by atoms with van der Waals surface area (Å²) in [7, 11) is 4.00. The average molecular weight is 304 g/mol. The van der Waals surface area contributed by atoms with E-state index in [2.05, 4.69) is 5.32 Å². The summed E-state index contributed by atoms with van der Waals surface area (Å²) in [6, 6.07) is 8.29. The topological polar surface area (TPSA) is 65.1 Å². The highest BCUT2D eigenvalue weighted by Crippen LogP contribution is 2.39. The lowest BCUT2D eigenvalue weighted by atomic mass is 9.93. The van der Waals surface area contributed by atoms with E-state index in [1.807, 2.05) is 43.3 Å². The van der Waals surface area contributed by atoms with Crippen molar-refractivity contribution in [2.75, 3.05) is 19.0 Å². The second-order valence-corrected chi connectivity index (χ2v) is 6.48. The van der Waals surface area contributed by atoms with Crippen molar-refractivity contribution in [3.63, 3.8) is 0 Å². The quantitative estimate of drug-likeness (QED) is 0.830. The van der Waals surface area contributed by atoms with Gasteiger partial charge in [-0.15, -0.1) is 0 Å². The van der Waals surface area contributed by atoms with E-state index in [0.29, 0.717) is 0 Å². The van der Waals surface area contributed by atoms with E-state index in [1.165, 1.54) is 0 Å². The molecule has 1 amide bonds. The van der Waals surface area contributed by atoms with Crippen molar-refractivity contribution in [3.05, 3.63) is 29.8 Å². The van der Waals surface area contributed by atoms with Crippen LogP contribution in [0.1, 0.15) is 37.4 Å². The molecule has 1 aromatic rings. The van der Waals surface area contributed by atoms with E-state index in [-0.39, 0.29) is 30.3 Å². The molecule has 3 rings (SSSR count). The first-order valence-electron chi connectivity index (χ1n) is 7.96. The van der Waals surface area contributed by atoms with E-state index in [4.69, 9.17) is 4.74 Å². The number of aliphatic hydroxyl groups excluding tert-OH is 1. The van der Waals surface area contributed by atoms with Gasteiger partial charge in [0, 0.05) is 25.8 Å². The number of ether oxygens (including phenoxy) is 1. The molecule has 5 heteroatoms. The first-order valence-corrected chi connectivity index (χ1v) is 7.96. The first-order chi connectivity index (χ1) is 10.5. The molecule has 0 aromatic heterocycles. The number of carbonyl (C=O) groups excluding carboxylic acids is 1. The molecule has 1 saturated heterocycles. The standard InChI is InChI=1S/C17H24N2O3/c1-19(2)13-7-3-11(4-8-13)15-16(22-15)17(21)18-12-5-9-14(20)10-6-12/h3-4,7-8,12,14-16,20H,5-6,9-10H2,1-2H3,(H,18,21)/t12?,14?,15-,16-/m1/s1.